The van der Waals surface area contributed by atoms with E-state index in [1.54, 1.807) is 12.4 Å². The fraction of sp³-hybridized carbons (Fsp3) is 0.278. The van der Waals surface area contributed by atoms with Gasteiger partial charge in [-0.15, -0.1) is 0 Å². The molecule has 4 rings (SSSR count). The van der Waals surface area contributed by atoms with Crippen molar-refractivity contribution in [3.8, 4) is 0 Å². The van der Waals surface area contributed by atoms with Crippen molar-refractivity contribution >= 4 is 27.9 Å². The minimum Gasteiger partial charge on any atom is -0.365 e. The van der Waals surface area contributed by atoms with Crippen molar-refractivity contribution in [2.75, 3.05) is 5.32 Å². The molecule has 1 atom stereocenters. The molecule has 1 aromatic carbocycles. The van der Waals surface area contributed by atoms with E-state index in [0.717, 1.165) is 34.1 Å². The van der Waals surface area contributed by atoms with Crippen LogP contribution in [0.15, 0.2) is 37.1 Å². The Balaban J connectivity index is 1.62. The molecule has 0 aliphatic rings. The smallest absolute Gasteiger partial charge is 0.165 e. The van der Waals surface area contributed by atoms with Crippen LogP contribution in [0.4, 0.5) is 10.2 Å². The summed E-state index contributed by atoms with van der Waals surface area (Å²) in [5.41, 5.74) is 3.67. The fourth-order valence-electron chi connectivity index (χ4n) is 3.27. The standard InChI is InChI=1S/C18H19FN6/c1-11(23-17-16-18(21-9-20-17)25(3)10-22-16)6-12-8-24(2)15-5-4-13(19)7-14(12)15/h4-5,7-11H,6H2,1-3H3,(H,20,21,23). The minimum absolute atomic E-state index is 0.106. The third-order valence-electron chi connectivity index (χ3n) is 4.44. The van der Waals surface area contributed by atoms with Crippen molar-refractivity contribution < 1.29 is 4.39 Å². The van der Waals surface area contributed by atoms with Crippen molar-refractivity contribution in [1.82, 2.24) is 24.1 Å². The lowest BCUT2D eigenvalue weighted by Crippen LogP contribution is -2.19. The second-order valence-corrected chi connectivity index (χ2v) is 6.43. The van der Waals surface area contributed by atoms with Crippen molar-refractivity contribution in [1.29, 1.82) is 0 Å². The molecule has 6 nitrogen and oxygen atoms in total. The highest BCUT2D eigenvalue weighted by atomic mass is 19.1. The topological polar surface area (TPSA) is 60.6 Å². The van der Waals surface area contributed by atoms with E-state index in [0.29, 0.717) is 5.82 Å². The van der Waals surface area contributed by atoms with Crippen molar-refractivity contribution in [2.45, 2.75) is 19.4 Å². The van der Waals surface area contributed by atoms with Gasteiger partial charge in [-0.1, -0.05) is 0 Å². The van der Waals surface area contributed by atoms with Crippen LogP contribution in [0.2, 0.25) is 0 Å². The van der Waals surface area contributed by atoms with Gasteiger partial charge < -0.3 is 14.5 Å². The second-order valence-electron chi connectivity index (χ2n) is 6.43. The predicted molar refractivity (Wildman–Crippen MR) is 96.0 cm³/mol. The van der Waals surface area contributed by atoms with Gasteiger partial charge in [0.25, 0.3) is 0 Å². The number of fused-ring (bicyclic) bond motifs is 2. The Bertz CT molecular complexity index is 1060. The molecule has 4 aromatic rings. The summed E-state index contributed by atoms with van der Waals surface area (Å²) in [4.78, 5) is 12.9. The molecule has 0 aliphatic carbocycles. The Morgan fingerprint density at radius 1 is 1.16 bits per heavy atom. The molecule has 0 saturated heterocycles. The first kappa shape index (κ1) is 15.6. The van der Waals surface area contributed by atoms with Gasteiger partial charge in [0.1, 0.15) is 17.7 Å². The highest BCUT2D eigenvalue weighted by Gasteiger charge is 2.14. The number of nitrogens with zero attached hydrogens (tertiary/aromatic N) is 5. The number of hydrogen-bond donors (Lipinski definition) is 1. The number of rotatable bonds is 4. The number of hydrogen-bond acceptors (Lipinski definition) is 4. The monoisotopic (exact) mass is 338 g/mol. The zero-order valence-electron chi connectivity index (χ0n) is 14.4. The molecule has 0 spiro atoms. The van der Waals surface area contributed by atoms with Crippen molar-refractivity contribution in [3.63, 3.8) is 0 Å². The number of nitrogens with one attached hydrogen (secondary N) is 1. The quantitative estimate of drug-likeness (QED) is 0.621. The van der Waals surface area contributed by atoms with Crippen LogP contribution >= 0.6 is 0 Å². The molecule has 128 valence electrons. The number of halogens is 1. The van der Waals surface area contributed by atoms with Crippen molar-refractivity contribution in [3.05, 3.63) is 48.4 Å². The Kier molecular flexibility index (Phi) is 3.63. The lowest BCUT2D eigenvalue weighted by atomic mass is 10.1. The van der Waals surface area contributed by atoms with Crippen LogP contribution in [0.5, 0.6) is 0 Å². The third-order valence-corrected chi connectivity index (χ3v) is 4.44. The molecule has 0 saturated carbocycles. The second kappa shape index (κ2) is 5.84. The predicted octanol–water partition coefficient (Wildman–Crippen LogP) is 3.04. The van der Waals surface area contributed by atoms with E-state index in [9.17, 15) is 4.39 Å². The summed E-state index contributed by atoms with van der Waals surface area (Å²) in [6.07, 6.45) is 6.06. The molecule has 25 heavy (non-hydrogen) atoms. The van der Waals surface area contributed by atoms with Crippen LogP contribution < -0.4 is 5.32 Å². The summed E-state index contributed by atoms with van der Waals surface area (Å²) < 4.78 is 17.5. The summed E-state index contributed by atoms with van der Waals surface area (Å²) >= 11 is 0. The average molecular weight is 338 g/mol. The van der Waals surface area contributed by atoms with Gasteiger partial charge in [-0.2, -0.15) is 0 Å². The van der Waals surface area contributed by atoms with Gasteiger partial charge >= 0.3 is 0 Å². The molecule has 1 N–H and O–H groups in total. The molecular weight excluding hydrogens is 319 g/mol. The van der Waals surface area contributed by atoms with E-state index in [4.69, 9.17) is 0 Å². The fourth-order valence-corrected chi connectivity index (χ4v) is 3.27. The first-order valence-corrected chi connectivity index (χ1v) is 8.15. The Labute approximate surface area is 144 Å². The Morgan fingerprint density at radius 3 is 2.84 bits per heavy atom. The molecular formula is C18H19FN6. The number of benzene rings is 1. The Morgan fingerprint density at radius 2 is 2.00 bits per heavy atom. The number of aromatic nitrogens is 5. The van der Waals surface area contributed by atoms with Crippen LogP contribution in [0.25, 0.3) is 22.1 Å². The molecule has 0 aliphatic heterocycles. The van der Waals surface area contributed by atoms with Gasteiger partial charge in [-0.25, -0.2) is 19.3 Å². The van der Waals surface area contributed by atoms with Crippen molar-refractivity contribution in [2.24, 2.45) is 14.1 Å². The molecule has 3 aromatic heterocycles. The lowest BCUT2D eigenvalue weighted by molar-refractivity contribution is 0.629. The molecule has 0 fully saturated rings. The number of aryl methyl sites for hydroxylation is 2. The van der Waals surface area contributed by atoms with Gasteiger partial charge in [0.05, 0.1) is 6.33 Å². The van der Waals surface area contributed by atoms with Gasteiger partial charge in [-0.05, 0) is 37.1 Å². The molecule has 0 radical (unpaired) electrons. The summed E-state index contributed by atoms with van der Waals surface area (Å²) in [5.74, 6) is 0.496. The summed E-state index contributed by atoms with van der Waals surface area (Å²) in [6, 6.07) is 5.01. The molecule has 0 bridgehead atoms. The number of imidazole rings is 1. The van der Waals surface area contributed by atoms with E-state index in [-0.39, 0.29) is 11.9 Å². The maximum absolute atomic E-state index is 13.6. The van der Waals surface area contributed by atoms with Crippen LogP contribution in [0.1, 0.15) is 12.5 Å². The molecule has 1 unspecified atom stereocenters. The maximum atomic E-state index is 13.6. The van der Waals surface area contributed by atoms with E-state index in [1.165, 1.54) is 12.4 Å². The molecule has 3 heterocycles. The van der Waals surface area contributed by atoms with Crippen LogP contribution in [0.3, 0.4) is 0 Å². The van der Waals surface area contributed by atoms with Gasteiger partial charge in [0.2, 0.25) is 0 Å². The SMILES string of the molecule is CC(Cc1cn(C)c2ccc(F)cc12)Nc1ncnc2c1ncn2C. The van der Waals surface area contributed by atoms with E-state index in [2.05, 4.69) is 33.4 Å². The van der Waals surface area contributed by atoms with Gasteiger partial charge in [0.15, 0.2) is 11.5 Å². The first-order valence-electron chi connectivity index (χ1n) is 8.15. The average Bonchev–Trinajstić information content (AvgIpc) is 3.09. The van der Waals surface area contributed by atoms with E-state index in [1.807, 2.05) is 29.3 Å². The summed E-state index contributed by atoms with van der Waals surface area (Å²) in [6.45, 7) is 2.08. The summed E-state index contributed by atoms with van der Waals surface area (Å²) in [7, 11) is 3.88. The zero-order valence-corrected chi connectivity index (χ0v) is 14.4. The Hall–Kier alpha value is -2.96. The number of anilines is 1. The van der Waals surface area contributed by atoms with Crippen LogP contribution in [-0.2, 0) is 20.5 Å². The van der Waals surface area contributed by atoms with Crippen LogP contribution in [-0.4, -0.2) is 30.1 Å². The van der Waals surface area contributed by atoms with Gasteiger partial charge in [-0.3, -0.25) is 0 Å². The highest BCUT2D eigenvalue weighted by Crippen LogP contribution is 2.24. The lowest BCUT2D eigenvalue weighted by Gasteiger charge is -2.14. The van der Waals surface area contributed by atoms with Crippen LogP contribution in [0, 0.1) is 5.82 Å². The largest absolute Gasteiger partial charge is 0.365 e. The van der Waals surface area contributed by atoms with E-state index < -0.39 is 0 Å². The van der Waals surface area contributed by atoms with E-state index >= 15 is 0 Å². The zero-order chi connectivity index (χ0) is 17.6. The molecule has 0 amide bonds. The maximum Gasteiger partial charge on any atom is 0.165 e. The first-order chi connectivity index (χ1) is 12.0. The molecule has 7 heteroatoms. The normalized spacial score (nSPS) is 12.8. The minimum atomic E-state index is -0.216. The summed E-state index contributed by atoms with van der Waals surface area (Å²) in [5, 5.41) is 4.35. The third kappa shape index (κ3) is 2.71. The van der Waals surface area contributed by atoms with Gasteiger partial charge in [0, 0.05) is 37.2 Å². The highest BCUT2D eigenvalue weighted by molar-refractivity contribution is 5.85.